The van der Waals surface area contributed by atoms with Gasteiger partial charge in [0.25, 0.3) is 0 Å². The number of ether oxygens (including phenoxy) is 1. The third kappa shape index (κ3) is 2.75. The van der Waals surface area contributed by atoms with E-state index < -0.39 is 31.1 Å². The third-order valence-corrected chi connectivity index (χ3v) is 3.72. The van der Waals surface area contributed by atoms with Crippen LogP contribution in [0.3, 0.4) is 0 Å². The molecule has 4 atom stereocenters. The van der Waals surface area contributed by atoms with E-state index in [1.54, 1.807) is 0 Å². The molecule has 1 fully saturated rings. The summed E-state index contributed by atoms with van der Waals surface area (Å²) in [6, 6.07) is 0. The summed E-state index contributed by atoms with van der Waals surface area (Å²) in [7, 11) is 0. The van der Waals surface area contributed by atoms with Crippen LogP contribution in [0.15, 0.2) is 6.33 Å². The number of carbonyl (C=O) groups is 1. The van der Waals surface area contributed by atoms with Gasteiger partial charge in [0.15, 0.2) is 17.0 Å². The average molecular weight is 344 g/mol. The molecule has 1 amide bonds. The summed E-state index contributed by atoms with van der Waals surface area (Å²) in [4.78, 5) is 23.2. The molecule has 0 aromatic carbocycles. The van der Waals surface area contributed by atoms with Crippen LogP contribution in [0.5, 0.6) is 0 Å². The Balaban J connectivity index is 2.05. The van der Waals surface area contributed by atoms with Crippen LogP contribution in [0.1, 0.15) is 13.2 Å². The van der Waals surface area contributed by atoms with Crippen molar-refractivity contribution in [2.24, 2.45) is 0 Å². The first-order valence-corrected chi connectivity index (χ1v) is 7.10. The van der Waals surface area contributed by atoms with Crippen molar-refractivity contribution in [3.05, 3.63) is 11.5 Å². The lowest BCUT2D eigenvalue weighted by Crippen LogP contribution is -2.33. The van der Waals surface area contributed by atoms with Gasteiger partial charge >= 0.3 is 0 Å². The number of nitrogens with zero attached hydrogens (tertiary/aromatic N) is 4. The zero-order valence-corrected chi connectivity index (χ0v) is 12.7. The number of hydrogen-bond acceptors (Lipinski definition) is 8. The van der Waals surface area contributed by atoms with E-state index in [4.69, 9.17) is 21.4 Å². The van der Waals surface area contributed by atoms with E-state index in [9.17, 15) is 15.0 Å². The lowest BCUT2D eigenvalue weighted by molar-refractivity contribution is -0.114. The number of halogens is 1. The third-order valence-electron chi connectivity index (χ3n) is 3.46. The van der Waals surface area contributed by atoms with Gasteiger partial charge in [-0.2, -0.15) is 9.97 Å². The smallest absolute Gasteiger partial charge is 0.232 e. The number of fused-ring (bicyclic) bond motifs is 1. The minimum atomic E-state index is -1.29. The molecule has 4 N–H and O–H groups in total. The highest BCUT2D eigenvalue weighted by Crippen LogP contribution is 2.32. The lowest BCUT2D eigenvalue weighted by atomic mass is 10.1. The molecule has 23 heavy (non-hydrogen) atoms. The van der Waals surface area contributed by atoms with Crippen molar-refractivity contribution in [2.75, 3.05) is 11.9 Å². The predicted octanol–water partition coefficient (Wildman–Crippen LogP) is -0.950. The van der Waals surface area contributed by atoms with Gasteiger partial charge < -0.3 is 20.1 Å². The molecule has 0 saturated carbocycles. The summed E-state index contributed by atoms with van der Waals surface area (Å²) in [6.07, 6.45) is -3.16. The molecule has 0 radical (unpaired) electrons. The van der Waals surface area contributed by atoms with Crippen LogP contribution in [-0.2, 0) is 9.53 Å². The number of aliphatic hydroxyl groups excluding tert-OH is 3. The van der Waals surface area contributed by atoms with Gasteiger partial charge in [-0.05, 0) is 0 Å². The Morgan fingerprint density at radius 1 is 1.43 bits per heavy atom. The maximum atomic E-state index is 11.1. The molecule has 1 saturated heterocycles. The Kier molecular flexibility index (Phi) is 4.17. The largest absolute Gasteiger partial charge is 0.394 e. The number of aromatic nitrogens is 4. The molecule has 3 rings (SSSR count). The van der Waals surface area contributed by atoms with Crippen molar-refractivity contribution in [1.82, 2.24) is 19.5 Å². The number of rotatable bonds is 3. The van der Waals surface area contributed by atoms with Gasteiger partial charge in [-0.15, -0.1) is 0 Å². The maximum absolute atomic E-state index is 11.1. The second-order valence-corrected chi connectivity index (χ2v) is 5.43. The summed E-state index contributed by atoms with van der Waals surface area (Å²) < 4.78 is 6.79. The number of hydrogen-bond donors (Lipinski definition) is 4. The van der Waals surface area contributed by atoms with Crippen molar-refractivity contribution < 1.29 is 24.9 Å². The zero-order chi connectivity index (χ0) is 16.7. The van der Waals surface area contributed by atoms with Gasteiger partial charge in [0, 0.05) is 6.92 Å². The minimum absolute atomic E-state index is 0.0178. The van der Waals surface area contributed by atoms with E-state index >= 15 is 0 Å². The topological polar surface area (TPSA) is 143 Å². The molecule has 0 unspecified atom stereocenters. The van der Waals surface area contributed by atoms with Gasteiger partial charge in [0.1, 0.15) is 23.8 Å². The Morgan fingerprint density at radius 2 is 2.17 bits per heavy atom. The summed E-state index contributed by atoms with van der Waals surface area (Å²) in [6.45, 7) is 0.846. The van der Waals surface area contributed by atoms with E-state index in [1.165, 1.54) is 17.8 Å². The highest BCUT2D eigenvalue weighted by Gasteiger charge is 2.44. The second kappa shape index (κ2) is 5.98. The standard InChI is InChI=1S/C12H14ClN5O5/c1-4(20)15-12-16-9(13)6-10(17-12)18(3-14-6)11-8(22)7(21)5(2-19)23-11/h3,5,7-8,11,19,21-22H,2H2,1H3,(H,15,16,17,20)/t5-,7+,8+,11-/m1/s1. The van der Waals surface area contributed by atoms with Crippen molar-refractivity contribution in [3.8, 4) is 0 Å². The van der Waals surface area contributed by atoms with Crippen molar-refractivity contribution in [2.45, 2.75) is 31.5 Å². The number of anilines is 1. The molecule has 3 heterocycles. The van der Waals surface area contributed by atoms with Crippen molar-refractivity contribution >= 4 is 34.6 Å². The summed E-state index contributed by atoms with van der Waals surface area (Å²) in [5.74, 6) is -0.400. The molecule has 0 aliphatic carbocycles. The monoisotopic (exact) mass is 343 g/mol. The quantitative estimate of drug-likeness (QED) is 0.522. The normalized spacial score (nSPS) is 27.5. The van der Waals surface area contributed by atoms with Gasteiger partial charge in [0.05, 0.1) is 12.9 Å². The van der Waals surface area contributed by atoms with Crippen LogP contribution in [0.2, 0.25) is 5.15 Å². The van der Waals surface area contributed by atoms with Gasteiger partial charge in [-0.3, -0.25) is 14.7 Å². The van der Waals surface area contributed by atoms with E-state index in [1.807, 2.05) is 0 Å². The Hall–Kier alpha value is -1.85. The number of nitrogens with one attached hydrogen (secondary N) is 1. The first-order chi connectivity index (χ1) is 10.9. The first-order valence-electron chi connectivity index (χ1n) is 6.72. The highest BCUT2D eigenvalue weighted by molar-refractivity contribution is 6.33. The van der Waals surface area contributed by atoms with Gasteiger partial charge in [-0.25, -0.2) is 4.98 Å². The molecular formula is C12H14ClN5O5. The van der Waals surface area contributed by atoms with Crippen LogP contribution in [0, 0.1) is 0 Å². The molecule has 124 valence electrons. The van der Waals surface area contributed by atoms with Crippen LogP contribution in [-0.4, -0.2) is 65.7 Å². The van der Waals surface area contributed by atoms with Crippen LogP contribution in [0.4, 0.5) is 5.95 Å². The number of imidazole rings is 1. The summed E-state index contributed by atoms with van der Waals surface area (Å²) in [5.41, 5.74) is 0.460. The molecule has 0 spiro atoms. The maximum Gasteiger partial charge on any atom is 0.232 e. The van der Waals surface area contributed by atoms with Crippen LogP contribution >= 0.6 is 11.6 Å². The van der Waals surface area contributed by atoms with Crippen LogP contribution < -0.4 is 5.32 Å². The van der Waals surface area contributed by atoms with E-state index in [-0.39, 0.29) is 28.2 Å². The summed E-state index contributed by atoms with van der Waals surface area (Å²) in [5, 5.41) is 31.5. The number of aliphatic hydroxyl groups is 3. The highest BCUT2D eigenvalue weighted by atomic mass is 35.5. The molecule has 0 bridgehead atoms. The Labute approximate surface area is 134 Å². The van der Waals surface area contributed by atoms with E-state index in [0.29, 0.717) is 0 Å². The zero-order valence-electron chi connectivity index (χ0n) is 11.9. The lowest BCUT2D eigenvalue weighted by Gasteiger charge is -2.16. The Bertz CT molecular complexity index is 753. The average Bonchev–Trinajstić information content (AvgIpc) is 3.01. The van der Waals surface area contributed by atoms with Gasteiger partial charge in [-0.1, -0.05) is 11.6 Å². The van der Waals surface area contributed by atoms with Crippen molar-refractivity contribution in [3.63, 3.8) is 0 Å². The van der Waals surface area contributed by atoms with Gasteiger partial charge in [0.2, 0.25) is 11.9 Å². The number of amides is 1. The molecule has 2 aromatic heterocycles. The fraction of sp³-hybridized carbons (Fsp3) is 0.500. The molecule has 10 nitrogen and oxygen atoms in total. The molecule has 11 heteroatoms. The minimum Gasteiger partial charge on any atom is -0.394 e. The van der Waals surface area contributed by atoms with E-state index in [2.05, 4.69) is 20.3 Å². The van der Waals surface area contributed by atoms with Crippen LogP contribution in [0.25, 0.3) is 11.2 Å². The first kappa shape index (κ1) is 16.0. The molecule has 1 aliphatic heterocycles. The number of carbonyl (C=O) groups excluding carboxylic acids is 1. The fourth-order valence-electron chi connectivity index (χ4n) is 2.39. The molecule has 1 aliphatic rings. The SMILES string of the molecule is CC(=O)Nc1nc(Cl)c2ncn([C@@H]3O[C@H](CO)[C@H](O)[C@@H]3O)c2n1. The molecular weight excluding hydrogens is 330 g/mol. The van der Waals surface area contributed by atoms with Crippen molar-refractivity contribution in [1.29, 1.82) is 0 Å². The predicted molar refractivity (Wildman–Crippen MR) is 77.6 cm³/mol. The second-order valence-electron chi connectivity index (χ2n) is 5.07. The summed E-state index contributed by atoms with van der Waals surface area (Å²) >= 11 is 6.02. The Morgan fingerprint density at radius 3 is 2.78 bits per heavy atom. The fourth-order valence-corrected chi connectivity index (χ4v) is 2.60. The molecule has 2 aromatic rings. The van der Waals surface area contributed by atoms with E-state index in [0.717, 1.165) is 0 Å².